The molecule has 3 aliphatic rings. The number of nitrogens with zero attached hydrogens (tertiary/aromatic N) is 3. The first-order chi connectivity index (χ1) is 13.3. The van der Waals surface area contributed by atoms with E-state index in [0.717, 1.165) is 31.3 Å². The van der Waals surface area contributed by atoms with Crippen LogP contribution in [-0.2, 0) is 22.6 Å². The molecule has 3 heterocycles. The van der Waals surface area contributed by atoms with E-state index < -0.39 is 11.6 Å². The Balaban J connectivity index is 1.51. The number of carbonyl (C=O) groups excluding carboxylic acids is 2. The molecule has 2 atom stereocenters. The van der Waals surface area contributed by atoms with Gasteiger partial charge in [0.25, 0.3) is 0 Å². The first-order valence-corrected chi connectivity index (χ1v) is 11.1. The minimum Gasteiger partial charge on any atom is -0.444 e. The predicted octanol–water partition coefficient (Wildman–Crippen LogP) is 2.91. The molecule has 2 fully saturated rings. The second-order valence-electron chi connectivity index (χ2n) is 8.85. The zero-order valence-electron chi connectivity index (χ0n) is 16.9. The Morgan fingerprint density at radius 1 is 1.14 bits per heavy atom. The van der Waals surface area contributed by atoms with Crippen LogP contribution in [0.2, 0.25) is 0 Å². The summed E-state index contributed by atoms with van der Waals surface area (Å²) in [6.45, 7) is 8.66. The lowest BCUT2D eigenvalue weighted by atomic mass is 10.1. The van der Waals surface area contributed by atoms with Gasteiger partial charge in [-0.3, -0.25) is 14.6 Å². The number of ether oxygens (including phenoxy) is 1. The molecule has 0 unspecified atom stereocenters. The Labute approximate surface area is 171 Å². The van der Waals surface area contributed by atoms with Gasteiger partial charge in [-0.25, -0.2) is 4.79 Å². The maximum Gasteiger partial charge on any atom is 0.411 e. The number of amides is 2. The lowest BCUT2D eigenvalue weighted by Gasteiger charge is -2.29. The first kappa shape index (κ1) is 19.6. The molecule has 28 heavy (non-hydrogen) atoms. The van der Waals surface area contributed by atoms with Crippen LogP contribution in [0.3, 0.4) is 0 Å². The summed E-state index contributed by atoms with van der Waals surface area (Å²) in [5, 5.41) is 0. The number of hydrogen-bond donors (Lipinski definition) is 0. The normalized spacial score (nSPS) is 25.2. The van der Waals surface area contributed by atoms with Gasteiger partial charge < -0.3 is 9.64 Å². The fraction of sp³-hybridized carbons (Fsp3) is 0.619. The van der Waals surface area contributed by atoms with E-state index in [2.05, 4.69) is 29.2 Å². The summed E-state index contributed by atoms with van der Waals surface area (Å²) in [5.41, 5.74) is 2.12. The molecule has 1 aromatic rings. The van der Waals surface area contributed by atoms with Crippen molar-refractivity contribution in [3.8, 4) is 0 Å². The van der Waals surface area contributed by atoms with Crippen LogP contribution >= 0.6 is 11.8 Å². The molecule has 0 bridgehead atoms. The van der Waals surface area contributed by atoms with Gasteiger partial charge in [-0.15, -0.1) is 11.8 Å². The second kappa shape index (κ2) is 7.59. The maximum absolute atomic E-state index is 13.2. The summed E-state index contributed by atoms with van der Waals surface area (Å²) in [4.78, 5) is 32.0. The van der Waals surface area contributed by atoms with Crippen molar-refractivity contribution in [2.75, 3.05) is 24.7 Å². The van der Waals surface area contributed by atoms with Crippen molar-refractivity contribution in [2.45, 2.75) is 58.0 Å². The predicted molar refractivity (Wildman–Crippen MR) is 110 cm³/mol. The zero-order valence-corrected chi connectivity index (χ0v) is 17.7. The van der Waals surface area contributed by atoms with Crippen LogP contribution in [0.15, 0.2) is 24.3 Å². The van der Waals surface area contributed by atoms with Crippen LogP contribution in [0.1, 0.15) is 38.3 Å². The van der Waals surface area contributed by atoms with Gasteiger partial charge in [0.05, 0.1) is 5.88 Å². The Morgan fingerprint density at radius 2 is 1.82 bits per heavy atom. The van der Waals surface area contributed by atoms with Crippen LogP contribution in [0, 0.1) is 0 Å². The summed E-state index contributed by atoms with van der Waals surface area (Å²) in [5.74, 6) is 1.75. The summed E-state index contributed by atoms with van der Waals surface area (Å²) in [6, 6.07) is 8.22. The van der Waals surface area contributed by atoms with Crippen molar-refractivity contribution in [3.63, 3.8) is 0 Å². The molecule has 2 saturated heterocycles. The molecule has 0 saturated carbocycles. The average Bonchev–Trinajstić information content (AvgIpc) is 3.37. The molecule has 3 aliphatic heterocycles. The molecule has 4 rings (SSSR count). The second-order valence-corrected chi connectivity index (χ2v) is 9.93. The summed E-state index contributed by atoms with van der Waals surface area (Å²) >= 11 is 1.77. The Hall–Kier alpha value is -1.73. The van der Waals surface area contributed by atoms with Crippen LogP contribution in [0.5, 0.6) is 0 Å². The van der Waals surface area contributed by atoms with Gasteiger partial charge in [0, 0.05) is 38.0 Å². The fourth-order valence-electron chi connectivity index (χ4n) is 4.25. The van der Waals surface area contributed by atoms with Crippen molar-refractivity contribution in [3.05, 3.63) is 35.4 Å². The number of carbonyl (C=O) groups is 2. The first-order valence-electron chi connectivity index (χ1n) is 9.99. The third-order valence-corrected chi connectivity index (χ3v) is 6.60. The van der Waals surface area contributed by atoms with Gasteiger partial charge in [0.2, 0.25) is 5.91 Å². The maximum atomic E-state index is 13.2. The van der Waals surface area contributed by atoms with Crippen molar-refractivity contribution >= 4 is 23.8 Å². The van der Waals surface area contributed by atoms with Crippen molar-refractivity contribution in [1.82, 2.24) is 14.7 Å². The monoisotopic (exact) mass is 403 g/mol. The van der Waals surface area contributed by atoms with E-state index in [1.165, 1.54) is 11.1 Å². The van der Waals surface area contributed by atoms with Crippen LogP contribution in [0.25, 0.3) is 0 Å². The Kier molecular flexibility index (Phi) is 5.31. The van der Waals surface area contributed by atoms with E-state index in [1.807, 2.05) is 25.7 Å². The summed E-state index contributed by atoms with van der Waals surface area (Å²) < 4.78 is 5.63. The van der Waals surface area contributed by atoms with E-state index >= 15 is 0 Å². The minimum absolute atomic E-state index is 0.0649. The SMILES string of the molecule is CC(C)(C)OC(=O)N1C[C@@H](N2Cc3ccccc3C2)C[C@H]1C(=O)N1CCSC1. The highest BCUT2D eigenvalue weighted by atomic mass is 32.2. The highest BCUT2D eigenvalue weighted by molar-refractivity contribution is 7.99. The van der Waals surface area contributed by atoms with Gasteiger partial charge in [-0.1, -0.05) is 24.3 Å². The molecular weight excluding hydrogens is 374 g/mol. The molecule has 1 aromatic carbocycles. The number of rotatable bonds is 2. The van der Waals surface area contributed by atoms with Gasteiger partial charge >= 0.3 is 6.09 Å². The fourth-order valence-corrected chi connectivity index (χ4v) is 5.21. The highest BCUT2D eigenvalue weighted by Gasteiger charge is 2.45. The summed E-state index contributed by atoms with van der Waals surface area (Å²) in [6.07, 6.45) is 0.296. The van der Waals surface area contributed by atoms with Gasteiger partial charge in [-0.05, 0) is 38.3 Å². The number of thioether (sulfide) groups is 1. The highest BCUT2D eigenvalue weighted by Crippen LogP contribution is 2.32. The molecule has 0 radical (unpaired) electrons. The third-order valence-electron chi connectivity index (χ3n) is 5.64. The molecule has 0 N–H and O–H groups in total. The molecule has 0 spiro atoms. The number of fused-ring (bicyclic) bond motifs is 1. The third kappa shape index (κ3) is 4.01. The van der Waals surface area contributed by atoms with Crippen LogP contribution < -0.4 is 0 Å². The lowest BCUT2D eigenvalue weighted by Crippen LogP contribution is -2.48. The lowest BCUT2D eigenvalue weighted by molar-refractivity contribution is -0.134. The van der Waals surface area contributed by atoms with Gasteiger partial charge in [-0.2, -0.15) is 0 Å². The molecular formula is C21H29N3O3S. The van der Waals surface area contributed by atoms with E-state index in [-0.39, 0.29) is 18.0 Å². The van der Waals surface area contributed by atoms with Crippen molar-refractivity contribution in [2.24, 2.45) is 0 Å². The van der Waals surface area contributed by atoms with E-state index in [1.54, 1.807) is 16.7 Å². The molecule has 152 valence electrons. The minimum atomic E-state index is -0.573. The molecule has 6 nitrogen and oxygen atoms in total. The number of benzene rings is 1. The number of likely N-dealkylation sites (tertiary alicyclic amines) is 1. The van der Waals surface area contributed by atoms with E-state index in [0.29, 0.717) is 13.0 Å². The average molecular weight is 404 g/mol. The molecule has 2 amide bonds. The zero-order chi connectivity index (χ0) is 19.9. The quantitative estimate of drug-likeness (QED) is 0.760. The Bertz CT molecular complexity index is 733. The molecule has 0 aromatic heterocycles. The van der Waals surface area contributed by atoms with Crippen molar-refractivity contribution < 1.29 is 14.3 Å². The van der Waals surface area contributed by atoms with Crippen LogP contribution in [0.4, 0.5) is 4.79 Å². The summed E-state index contributed by atoms with van der Waals surface area (Å²) in [7, 11) is 0. The van der Waals surface area contributed by atoms with Gasteiger partial charge in [0.1, 0.15) is 11.6 Å². The number of hydrogen-bond acceptors (Lipinski definition) is 5. The largest absolute Gasteiger partial charge is 0.444 e. The standard InChI is InChI=1S/C21H29N3O3S/c1-21(2,3)27-20(26)24-13-17(10-18(24)19(25)22-8-9-28-14-22)23-11-15-6-4-5-7-16(15)12-23/h4-7,17-18H,8-14H2,1-3H3/t17-,18-/m0/s1. The van der Waals surface area contributed by atoms with E-state index in [4.69, 9.17) is 4.74 Å². The topological polar surface area (TPSA) is 53.1 Å². The van der Waals surface area contributed by atoms with Gasteiger partial charge in [0.15, 0.2) is 0 Å². The van der Waals surface area contributed by atoms with E-state index in [9.17, 15) is 9.59 Å². The Morgan fingerprint density at radius 3 is 2.39 bits per heavy atom. The van der Waals surface area contributed by atoms with Crippen LogP contribution in [-0.4, -0.2) is 69.1 Å². The van der Waals surface area contributed by atoms with Crippen molar-refractivity contribution in [1.29, 1.82) is 0 Å². The molecule has 0 aliphatic carbocycles. The smallest absolute Gasteiger partial charge is 0.411 e. The molecule has 7 heteroatoms.